The number of nitrogens with one attached hydrogen (secondary N) is 1. The van der Waals surface area contributed by atoms with Crippen LogP contribution in [0.4, 0.5) is 0 Å². The number of allylic oxidation sites excluding steroid dienone is 1. The van der Waals surface area contributed by atoms with Crippen molar-refractivity contribution in [1.82, 2.24) is 5.43 Å². The van der Waals surface area contributed by atoms with Crippen LogP contribution in [-0.4, -0.2) is 6.04 Å². The van der Waals surface area contributed by atoms with Gasteiger partial charge in [-0.05, 0) is 38.5 Å². The van der Waals surface area contributed by atoms with Crippen LogP contribution >= 0.6 is 0 Å². The van der Waals surface area contributed by atoms with Gasteiger partial charge in [0.05, 0.1) is 0 Å². The highest BCUT2D eigenvalue weighted by molar-refractivity contribution is 4.90. The lowest BCUT2D eigenvalue weighted by atomic mass is 9.93. The molecule has 0 aromatic carbocycles. The van der Waals surface area contributed by atoms with E-state index in [0.29, 0.717) is 6.04 Å². The number of hydrazine groups is 1. The first-order valence-corrected chi connectivity index (χ1v) is 5.34. The third-order valence-corrected chi connectivity index (χ3v) is 3.07. The Labute approximate surface area is 81.6 Å². The molecule has 1 saturated carbocycles. The molecular weight excluding hydrogens is 160 g/mol. The molecule has 2 heteroatoms. The van der Waals surface area contributed by atoms with Crippen LogP contribution in [0.25, 0.3) is 0 Å². The van der Waals surface area contributed by atoms with E-state index in [2.05, 4.69) is 18.9 Å². The van der Waals surface area contributed by atoms with Gasteiger partial charge in [-0.2, -0.15) is 0 Å². The molecule has 0 heterocycles. The van der Waals surface area contributed by atoms with Gasteiger partial charge in [0.15, 0.2) is 0 Å². The van der Waals surface area contributed by atoms with Crippen LogP contribution in [0.1, 0.15) is 45.4 Å². The SMILES string of the molecule is C=C(C)CCC(NN)C1CCCC1. The van der Waals surface area contributed by atoms with Crippen molar-refractivity contribution >= 4 is 0 Å². The third kappa shape index (κ3) is 3.49. The van der Waals surface area contributed by atoms with Crippen LogP contribution in [0.2, 0.25) is 0 Å². The molecule has 0 aromatic heterocycles. The van der Waals surface area contributed by atoms with Crippen molar-refractivity contribution < 1.29 is 0 Å². The van der Waals surface area contributed by atoms with E-state index in [1.807, 2.05) is 0 Å². The lowest BCUT2D eigenvalue weighted by molar-refractivity contribution is 0.345. The van der Waals surface area contributed by atoms with E-state index < -0.39 is 0 Å². The maximum atomic E-state index is 5.56. The molecule has 0 bridgehead atoms. The van der Waals surface area contributed by atoms with Gasteiger partial charge >= 0.3 is 0 Å². The van der Waals surface area contributed by atoms with E-state index in [0.717, 1.165) is 18.8 Å². The zero-order chi connectivity index (χ0) is 9.68. The van der Waals surface area contributed by atoms with Gasteiger partial charge in [-0.25, -0.2) is 0 Å². The van der Waals surface area contributed by atoms with Gasteiger partial charge in [0.1, 0.15) is 0 Å². The minimum atomic E-state index is 0.513. The van der Waals surface area contributed by atoms with Crippen LogP contribution in [-0.2, 0) is 0 Å². The van der Waals surface area contributed by atoms with Gasteiger partial charge in [-0.1, -0.05) is 18.4 Å². The number of nitrogens with two attached hydrogens (primary N) is 1. The summed E-state index contributed by atoms with van der Waals surface area (Å²) < 4.78 is 0. The van der Waals surface area contributed by atoms with Gasteiger partial charge in [0.2, 0.25) is 0 Å². The third-order valence-electron chi connectivity index (χ3n) is 3.07. The Morgan fingerprint density at radius 2 is 2.15 bits per heavy atom. The summed E-state index contributed by atoms with van der Waals surface area (Å²) in [4.78, 5) is 0. The van der Waals surface area contributed by atoms with E-state index in [-0.39, 0.29) is 0 Å². The Hall–Kier alpha value is -0.340. The highest BCUT2D eigenvalue weighted by Crippen LogP contribution is 2.29. The molecule has 0 saturated heterocycles. The molecule has 1 rings (SSSR count). The minimum Gasteiger partial charge on any atom is -0.271 e. The van der Waals surface area contributed by atoms with Gasteiger partial charge in [-0.3, -0.25) is 11.3 Å². The summed E-state index contributed by atoms with van der Waals surface area (Å²) in [7, 11) is 0. The number of hydrogen-bond acceptors (Lipinski definition) is 2. The maximum Gasteiger partial charge on any atom is 0.0241 e. The standard InChI is InChI=1S/C11H22N2/c1-9(2)7-8-11(13-12)10-5-3-4-6-10/h10-11,13H,1,3-8,12H2,2H3. The summed E-state index contributed by atoms with van der Waals surface area (Å²) in [5.74, 6) is 6.37. The molecule has 1 aliphatic rings. The second-order valence-corrected chi connectivity index (χ2v) is 4.31. The largest absolute Gasteiger partial charge is 0.271 e. The molecule has 0 radical (unpaired) electrons. The van der Waals surface area contributed by atoms with Crippen molar-refractivity contribution in [2.45, 2.75) is 51.5 Å². The van der Waals surface area contributed by atoms with E-state index in [4.69, 9.17) is 5.84 Å². The van der Waals surface area contributed by atoms with Crippen LogP contribution in [0.5, 0.6) is 0 Å². The highest BCUT2D eigenvalue weighted by Gasteiger charge is 2.23. The van der Waals surface area contributed by atoms with Crippen molar-refractivity contribution in [3.05, 3.63) is 12.2 Å². The summed E-state index contributed by atoms with van der Waals surface area (Å²) in [6.45, 7) is 6.00. The molecular formula is C11H22N2. The summed E-state index contributed by atoms with van der Waals surface area (Å²) in [6, 6.07) is 0.513. The Kier molecular flexibility index (Phi) is 4.46. The van der Waals surface area contributed by atoms with Crippen molar-refractivity contribution in [3.8, 4) is 0 Å². The van der Waals surface area contributed by atoms with Gasteiger partial charge < -0.3 is 0 Å². The molecule has 0 aliphatic heterocycles. The first-order valence-electron chi connectivity index (χ1n) is 5.34. The fraction of sp³-hybridized carbons (Fsp3) is 0.818. The highest BCUT2D eigenvalue weighted by atomic mass is 15.2. The molecule has 2 nitrogen and oxygen atoms in total. The molecule has 1 atom stereocenters. The first-order chi connectivity index (χ1) is 6.24. The van der Waals surface area contributed by atoms with E-state index >= 15 is 0 Å². The normalized spacial score (nSPS) is 20.5. The lowest BCUT2D eigenvalue weighted by Gasteiger charge is -2.22. The molecule has 0 spiro atoms. The van der Waals surface area contributed by atoms with Crippen molar-refractivity contribution in [2.24, 2.45) is 11.8 Å². The Morgan fingerprint density at radius 3 is 2.62 bits per heavy atom. The zero-order valence-electron chi connectivity index (χ0n) is 8.68. The molecule has 0 aromatic rings. The Balaban J connectivity index is 2.28. The molecule has 13 heavy (non-hydrogen) atoms. The molecule has 3 N–H and O–H groups in total. The molecule has 0 amide bonds. The van der Waals surface area contributed by atoms with Crippen LogP contribution < -0.4 is 11.3 Å². The maximum absolute atomic E-state index is 5.56. The van der Waals surface area contributed by atoms with Crippen LogP contribution in [0.15, 0.2) is 12.2 Å². The van der Waals surface area contributed by atoms with Crippen molar-refractivity contribution in [2.75, 3.05) is 0 Å². The Bertz CT molecular complexity index is 159. The summed E-state index contributed by atoms with van der Waals surface area (Å²) in [5.41, 5.74) is 4.22. The van der Waals surface area contributed by atoms with Gasteiger partial charge in [0, 0.05) is 6.04 Å². The molecule has 1 unspecified atom stereocenters. The van der Waals surface area contributed by atoms with E-state index in [9.17, 15) is 0 Å². The average molecular weight is 182 g/mol. The van der Waals surface area contributed by atoms with Crippen LogP contribution in [0.3, 0.4) is 0 Å². The second-order valence-electron chi connectivity index (χ2n) is 4.31. The lowest BCUT2D eigenvalue weighted by Crippen LogP contribution is -2.40. The Morgan fingerprint density at radius 1 is 1.54 bits per heavy atom. The predicted octanol–water partition coefficient (Wildman–Crippen LogP) is 2.36. The monoisotopic (exact) mass is 182 g/mol. The van der Waals surface area contributed by atoms with Crippen molar-refractivity contribution in [1.29, 1.82) is 0 Å². The molecule has 1 fully saturated rings. The quantitative estimate of drug-likeness (QED) is 0.389. The fourth-order valence-corrected chi connectivity index (χ4v) is 2.22. The van der Waals surface area contributed by atoms with Crippen molar-refractivity contribution in [3.63, 3.8) is 0 Å². The molecule has 76 valence electrons. The first kappa shape index (κ1) is 10.7. The van der Waals surface area contributed by atoms with Crippen LogP contribution in [0, 0.1) is 5.92 Å². The summed E-state index contributed by atoms with van der Waals surface area (Å²) in [5, 5.41) is 0. The van der Waals surface area contributed by atoms with Gasteiger partial charge in [-0.15, -0.1) is 6.58 Å². The number of rotatable bonds is 5. The predicted molar refractivity (Wildman–Crippen MR) is 57.1 cm³/mol. The van der Waals surface area contributed by atoms with Gasteiger partial charge in [0.25, 0.3) is 0 Å². The average Bonchev–Trinajstić information content (AvgIpc) is 2.58. The summed E-state index contributed by atoms with van der Waals surface area (Å²) in [6.07, 6.45) is 7.73. The molecule has 1 aliphatic carbocycles. The topological polar surface area (TPSA) is 38.0 Å². The second kappa shape index (κ2) is 5.40. The summed E-state index contributed by atoms with van der Waals surface area (Å²) >= 11 is 0. The zero-order valence-corrected chi connectivity index (χ0v) is 8.68. The van der Waals surface area contributed by atoms with E-state index in [1.165, 1.54) is 31.3 Å². The smallest absolute Gasteiger partial charge is 0.0241 e. The van der Waals surface area contributed by atoms with E-state index in [1.54, 1.807) is 0 Å². The minimum absolute atomic E-state index is 0.513. The fourth-order valence-electron chi connectivity index (χ4n) is 2.22. The number of hydrogen-bond donors (Lipinski definition) is 2.